The number of thioether (sulfide) groups is 1. The van der Waals surface area contributed by atoms with Crippen molar-refractivity contribution < 1.29 is 9.59 Å². The van der Waals surface area contributed by atoms with Crippen LogP contribution in [-0.4, -0.2) is 43.0 Å². The van der Waals surface area contributed by atoms with Crippen molar-refractivity contribution in [3.63, 3.8) is 0 Å². The molecule has 1 aliphatic heterocycles. The van der Waals surface area contributed by atoms with Gasteiger partial charge in [0.1, 0.15) is 6.33 Å². The second kappa shape index (κ2) is 5.65. The number of amides is 1. The number of hydrogen-bond donors (Lipinski definition) is 0. The quantitative estimate of drug-likeness (QED) is 0.843. The number of aromatic nitrogens is 4. The zero-order valence-electron chi connectivity index (χ0n) is 11.3. The summed E-state index contributed by atoms with van der Waals surface area (Å²) in [4.78, 5) is 25.0. The summed E-state index contributed by atoms with van der Waals surface area (Å²) >= 11 is 1.23. The molecular weight excluding hydrogens is 290 g/mol. The van der Waals surface area contributed by atoms with Gasteiger partial charge in [-0.05, 0) is 28.6 Å². The summed E-state index contributed by atoms with van der Waals surface area (Å²) < 4.78 is 1.53. The van der Waals surface area contributed by atoms with Gasteiger partial charge in [-0.25, -0.2) is 4.68 Å². The van der Waals surface area contributed by atoms with Crippen LogP contribution in [0.4, 0.5) is 5.69 Å². The lowest BCUT2D eigenvalue weighted by Crippen LogP contribution is -2.25. The molecule has 1 aromatic heterocycles. The molecule has 1 amide bonds. The van der Waals surface area contributed by atoms with E-state index in [0.717, 1.165) is 11.4 Å². The molecule has 21 heavy (non-hydrogen) atoms. The van der Waals surface area contributed by atoms with Crippen molar-refractivity contribution in [1.82, 2.24) is 20.2 Å². The molecule has 1 aliphatic rings. The summed E-state index contributed by atoms with van der Waals surface area (Å²) in [6, 6.07) is 7.44. The third-order valence-electron chi connectivity index (χ3n) is 3.18. The highest BCUT2D eigenvalue weighted by Gasteiger charge is 2.31. The Bertz CT molecular complexity index is 673. The Morgan fingerprint density at radius 3 is 2.90 bits per heavy atom. The van der Waals surface area contributed by atoms with Crippen LogP contribution in [0.1, 0.15) is 13.3 Å². The predicted molar refractivity (Wildman–Crippen MR) is 78.2 cm³/mol. The zero-order chi connectivity index (χ0) is 14.8. The Morgan fingerprint density at radius 1 is 1.38 bits per heavy atom. The minimum absolute atomic E-state index is 0.0201. The average Bonchev–Trinajstić information content (AvgIpc) is 3.08. The summed E-state index contributed by atoms with van der Waals surface area (Å²) in [5, 5.41) is 11.1. The first kappa shape index (κ1) is 13.7. The largest absolute Gasteiger partial charge is 0.311 e. The molecule has 1 fully saturated rings. The molecule has 1 unspecified atom stereocenters. The maximum Gasteiger partial charge on any atom is 0.228 e. The molecule has 2 heterocycles. The molecule has 7 nitrogen and oxygen atoms in total. The number of carbonyl (C=O) groups excluding carboxylic acids is 2. The van der Waals surface area contributed by atoms with Crippen molar-refractivity contribution in [3.8, 4) is 5.69 Å². The van der Waals surface area contributed by atoms with E-state index >= 15 is 0 Å². The Morgan fingerprint density at radius 2 is 2.19 bits per heavy atom. The Balaban J connectivity index is 1.82. The number of carbonyl (C=O) groups is 2. The van der Waals surface area contributed by atoms with Gasteiger partial charge < -0.3 is 4.90 Å². The molecule has 1 aromatic carbocycles. The second-order valence-electron chi connectivity index (χ2n) is 4.71. The molecule has 108 valence electrons. The number of nitrogens with zero attached hydrogens (tertiary/aromatic N) is 5. The van der Waals surface area contributed by atoms with Crippen LogP contribution in [0.25, 0.3) is 5.69 Å². The van der Waals surface area contributed by atoms with Crippen LogP contribution in [0.2, 0.25) is 0 Å². The van der Waals surface area contributed by atoms with E-state index in [1.807, 2.05) is 24.3 Å². The molecular formula is C13H13N5O2S. The van der Waals surface area contributed by atoms with Gasteiger partial charge in [-0.1, -0.05) is 17.8 Å². The predicted octanol–water partition coefficient (Wildman–Crippen LogP) is 1.05. The summed E-state index contributed by atoms with van der Waals surface area (Å²) in [5.74, 6) is 0.0302. The number of tetrazole rings is 1. The molecule has 0 aliphatic carbocycles. The zero-order valence-corrected chi connectivity index (χ0v) is 12.2. The summed E-state index contributed by atoms with van der Waals surface area (Å²) in [6.07, 6.45) is 1.89. The van der Waals surface area contributed by atoms with Crippen LogP contribution in [0, 0.1) is 0 Å². The van der Waals surface area contributed by atoms with Crippen molar-refractivity contribution in [2.24, 2.45) is 0 Å². The Kier molecular flexibility index (Phi) is 3.70. The Labute approximate surface area is 125 Å². The topological polar surface area (TPSA) is 81.0 Å². The fourth-order valence-corrected chi connectivity index (χ4v) is 3.24. The van der Waals surface area contributed by atoms with Crippen LogP contribution in [0.3, 0.4) is 0 Å². The van der Waals surface area contributed by atoms with Gasteiger partial charge in [0.15, 0.2) is 5.12 Å². The number of rotatable bonds is 3. The van der Waals surface area contributed by atoms with Gasteiger partial charge in [-0.3, -0.25) is 9.59 Å². The van der Waals surface area contributed by atoms with Crippen molar-refractivity contribution in [1.29, 1.82) is 0 Å². The van der Waals surface area contributed by atoms with Crippen LogP contribution >= 0.6 is 11.8 Å². The lowest BCUT2D eigenvalue weighted by molar-refractivity contribution is -0.117. The van der Waals surface area contributed by atoms with Crippen LogP contribution in [0.15, 0.2) is 30.6 Å². The normalized spacial score (nSPS) is 18.2. The molecule has 0 bridgehead atoms. The first-order chi connectivity index (χ1) is 10.1. The Hall–Kier alpha value is -2.22. The van der Waals surface area contributed by atoms with Gasteiger partial charge in [0.05, 0.1) is 5.69 Å². The molecule has 0 saturated carbocycles. The molecule has 2 aromatic rings. The van der Waals surface area contributed by atoms with Gasteiger partial charge in [0.2, 0.25) is 5.91 Å². The molecule has 0 N–H and O–H groups in total. The highest BCUT2D eigenvalue weighted by atomic mass is 32.2. The van der Waals surface area contributed by atoms with E-state index < -0.39 is 0 Å². The molecule has 1 atom stereocenters. The van der Waals surface area contributed by atoms with E-state index in [-0.39, 0.29) is 16.3 Å². The standard InChI is InChI=1S/C13H13N5O2S/c1-9(19)21-12-6-13(20)17(7-12)10-3-2-4-11(5-10)18-8-14-15-16-18/h2-5,8,12H,6-7H2,1H3. The van der Waals surface area contributed by atoms with E-state index in [9.17, 15) is 9.59 Å². The molecule has 0 spiro atoms. The van der Waals surface area contributed by atoms with E-state index in [2.05, 4.69) is 15.5 Å². The first-order valence-corrected chi connectivity index (χ1v) is 7.32. The fourth-order valence-electron chi connectivity index (χ4n) is 2.32. The summed E-state index contributed by atoms with van der Waals surface area (Å²) in [5.41, 5.74) is 1.58. The number of benzene rings is 1. The molecule has 8 heteroatoms. The maximum atomic E-state index is 12.1. The van der Waals surface area contributed by atoms with Gasteiger partial charge in [0.25, 0.3) is 0 Å². The minimum Gasteiger partial charge on any atom is -0.311 e. The maximum absolute atomic E-state index is 12.1. The summed E-state index contributed by atoms with van der Waals surface area (Å²) in [7, 11) is 0. The fraction of sp³-hybridized carbons (Fsp3) is 0.308. The monoisotopic (exact) mass is 303 g/mol. The first-order valence-electron chi connectivity index (χ1n) is 6.44. The lowest BCUT2D eigenvalue weighted by Gasteiger charge is -2.17. The van der Waals surface area contributed by atoms with Crippen LogP contribution in [-0.2, 0) is 9.59 Å². The SMILES string of the molecule is CC(=O)SC1CC(=O)N(c2cccc(-n3cnnn3)c2)C1. The lowest BCUT2D eigenvalue weighted by atomic mass is 10.2. The van der Waals surface area contributed by atoms with Gasteiger partial charge >= 0.3 is 0 Å². The highest BCUT2D eigenvalue weighted by Crippen LogP contribution is 2.29. The van der Waals surface area contributed by atoms with E-state index in [4.69, 9.17) is 0 Å². The number of hydrogen-bond acceptors (Lipinski definition) is 6. The highest BCUT2D eigenvalue weighted by molar-refractivity contribution is 8.14. The van der Waals surface area contributed by atoms with Crippen molar-refractivity contribution in [3.05, 3.63) is 30.6 Å². The third kappa shape index (κ3) is 2.94. The van der Waals surface area contributed by atoms with E-state index in [1.54, 1.807) is 4.90 Å². The van der Waals surface area contributed by atoms with Crippen molar-refractivity contribution in [2.75, 3.05) is 11.4 Å². The second-order valence-corrected chi connectivity index (χ2v) is 6.19. The van der Waals surface area contributed by atoms with Crippen molar-refractivity contribution >= 4 is 28.5 Å². The molecule has 3 rings (SSSR count). The summed E-state index contributed by atoms with van der Waals surface area (Å²) in [6.45, 7) is 2.07. The van der Waals surface area contributed by atoms with Crippen molar-refractivity contribution in [2.45, 2.75) is 18.6 Å². The van der Waals surface area contributed by atoms with E-state index in [1.165, 1.54) is 29.7 Å². The smallest absolute Gasteiger partial charge is 0.228 e. The van der Waals surface area contributed by atoms with Crippen LogP contribution < -0.4 is 4.90 Å². The van der Waals surface area contributed by atoms with Crippen LogP contribution in [0.5, 0.6) is 0 Å². The molecule has 1 saturated heterocycles. The average molecular weight is 303 g/mol. The number of anilines is 1. The molecule has 0 radical (unpaired) electrons. The van der Waals surface area contributed by atoms with Gasteiger partial charge in [0, 0.05) is 30.8 Å². The van der Waals surface area contributed by atoms with Gasteiger partial charge in [-0.15, -0.1) is 5.10 Å². The van der Waals surface area contributed by atoms with E-state index in [0.29, 0.717) is 13.0 Å². The third-order valence-corrected chi connectivity index (χ3v) is 4.16. The van der Waals surface area contributed by atoms with Gasteiger partial charge in [-0.2, -0.15) is 0 Å². The minimum atomic E-state index is 0.0201.